The lowest BCUT2D eigenvalue weighted by Gasteiger charge is -2.19. The first-order chi connectivity index (χ1) is 9.52. The molecule has 108 valence electrons. The van der Waals surface area contributed by atoms with Crippen LogP contribution in [0, 0.1) is 6.92 Å². The van der Waals surface area contributed by atoms with E-state index in [9.17, 15) is 9.59 Å². The minimum atomic E-state index is -0.391. The number of carbonyl (C=O) groups excluding carboxylic acids is 2. The first-order valence-corrected chi connectivity index (χ1v) is 6.97. The Kier molecular flexibility index (Phi) is 4.39. The predicted molar refractivity (Wildman–Crippen MR) is 77.0 cm³/mol. The van der Waals surface area contributed by atoms with Gasteiger partial charge in [-0.3, -0.25) is 9.69 Å². The summed E-state index contributed by atoms with van der Waals surface area (Å²) >= 11 is 0. The van der Waals surface area contributed by atoms with Crippen LogP contribution in [0.3, 0.4) is 0 Å². The summed E-state index contributed by atoms with van der Waals surface area (Å²) < 4.78 is 0. The minimum Gasteiger partial charge on any atom is -0.326 e. The number of hydrogen-bond acceptors (Lipinski definition) is 3. The Morgan fingerprint density at radius 1 is 1.30 bits per heavy atom. The summed E-state index contributed by atoms with van der Waals surface area (Å²) in [4.78, 5) is 25.2. The van der Waals surface area contributed by atoms with Gasteiger partial charge in [-0.1, -0.05) is 43.2 Å². The monoisotopic (exact) mass is 275 g/mol. The van der Waals surface area contributed by atoms with Crippen LogP contribution in [0.15, 0.2) is 24.3 Å². The zero-order valence-corrected chi connectivity index (χ0v) is 11.9. The molecule has 1 aliphatic heterocycles. The van der Waals surface area contributed by atoms with Gasteiger partial charge < -0.3 is 11.1 Å². The van der Waals surface area contributed by atoms with E-state index in [1.165, 1.54) is 4.90 Å². The first-order valence-electron chi connectivity index (χ1n) is 6.97. The highest BCUT2D eigenvalue weighted by molar-refractivity contribution is 6.04. The molecule has 1 aliphatic rings. The summed E-state index contributed by atoms with van der Waals surface area (Å²) in [5, 5.41) is 2.70. The Bertz CT molecular complexity index is 498. The van der Waals surface area contributed by atoms with Crippen LogP contribution < -0.4 is 11.1 Å². The van der Waals surface area contributed by atoms with Crippen LogP contribution in [0.2, 0.25) is 0 Å². The number of nitrogens with two attached hydrogens (primary N) is 1. The van der Waals surface area contributed by atoms with Gasteiger partial charge in [0.25, 0.3) is 5.91 Å². The molecule has 0 radical (unpaired) electrons. The van der Waals surface area contributed by atoms with Crippen molar-refractivity contribution in [3.63, 3.8) is 0 Å². The summed E-state index contributed by atoms with van der Waals surface area (Å²) in [6, 6.07) is 6.73. The van der Waals surface area contributed by atoms with Crippen molar-refractivity contribution in [1.82, 2.24) is 10.2 Å². The van der Waals surface area contributed by atoms with Crippen molar-refractivity contribution in [2.45, 2.75) is 38.8 Å². The van der Waals surface area contributed by atoms with E-state index in [1.807, 2.05) is 38.1 Å². The maximum Gasteiger partial charge on any atom is 0.324 e. The van der Waals surface area contributed by atoms with Crippen LogP contribution in [-0.4, -0.2) is 29.4 Å². The van der Waals surface area contributed by atoms with Crippen molar-refractivity contribution < 1.29 is 9.59 Å². The zero-order valence-electron chi connectivity index (χ0n) is 11.9. The number of amides is 3. The number of urea groups is 1. The number of rotatable bonds is 5. The van der Waals surface area contributed by atoms with Gasteiger partial charge in [-0.25, -0.2) is 4.79 Å². The maximum absolute atomic E-state index is 12.1. The largest absolute Gasteiger partial charge is 0.326 e. The highest BCUT2D eigenvalue weighted by Crippen LogP contribution is 2.17. The molecule has 1 aromatic rings. The quantitative estimate of drug-likeness (QED) is 0.803. The minimum absolute atomic E-state index is 0.167. The van der Waals surface area contributed by atoms with E-state index in [2.05, 4.69) is 5.32 Å². The van der Waals surface area contributed by atoms with E-state index in [0.29, 0.717) is 6.42 Å². The second kappa shape index (κ2) is 6.05. The summed E-state index contributed by atoms with van der Waals surface area (Å²) in [6.07, 6.45) is 1.52. The smallest absolute Gasteiger partial charge is 0.324 e. The molecule has 1 heterocycles. The fraction of sp³-hybridized carbons (Fsp3) is 0.467. The molecule has 1 saturated heterocycles. The summed E-state index contributed by atoms with van der Waals surface area (Å²) in [6.45, 7) is 4.20. The fourth-order valence-corrected chi connectivity index (χ4v) is 2.35. The maximum atomic E-state index is 12.1. The molecule has 5 heteroatoms. The van der Waals surface area contributed by atoms with Crippen molar-refractivity contribution in [3.05, 3.63) is 35.4 Å². The van der Waals surface area contributed by atoms with Gasteiger partial charge in [0.05, 0.1) is 0 Å². The van der Waals surface area contributed by atoms with E-state index in [1.54, 1.807) is 0 Å². The van der Waals surface area contributed by atoms with Crippen LogP contribution in [0.5, 0.6) is 0 Å². The van der Waals surface area contributed by atoms with E-state index in [4.69, 9.17) is 5.73 Å². The van der Waals surface area contributed by atoms with Crippen molar-refractivity contribution in [1.29, 1.82) is 0 Å². The second-order valence-electron chi connectivity index (χ2n) is 5.26. The van der Waals surface area contributed by atoms with Gasteiger partial charge in [0.1, 0.15) is 6.04 Å². The second-order valence-corrected chi connectivity index (χ2v) is 5.26. The van der Waals surface area contributed by atoms with Gasteiger partial charge in [-0.2, -0.15) is 0 Å². The SMILES string of the molecule is CCCC1NC(=O)N(CC(N)c2ccc(C)cc2)C1=O. The number of carbonyl (C=O) groups is 2. The van der Waals surface area contributed by atoms with Crippen LogP contribution in [0.1, 0.15) is 36.9 Å². The van der Waals surface area contributed by atoms with Crippen LogP contribution in [0.25, 0.3) is 0 Å². The molecule has 2 unspecified atom stereocenters. The number of hydrogen-bond donors (Lipinski definition) is 2. The van der Waals surface area contributed by atoms with E-state index in [0.717, 1.165) is 17.5 Å². The van der Waals surface area contributed by atoms with E-state index >= 15 is 0 Å². The highest BCUT2D eigenvalue weighted by atomic mass is 16.2. The van der Waals surface area contributed by atoms with Gasteiger partial charge in [0.2, 0.25) is 0 Å². The molecular weight excluding hydrogens is 254 g/mol. The van der Waals surface area contributed by atoms with Crippen LogP contribution in [0.4, 0.5) is 4.79 Å². The van der Waals surface area contributed by atoms with Crippen LogP contribution in [-0.2, 0) is 4.79 Å². The molecule has 2 atom stereocenters. The van der Waals surface area contributed by atoms with Crippen molar-refractivity contribution in [2.75, 3.05) is 6.54 Å². The van der Waals surface area contributed by atoms with Crippen molar-refractivity contribution in [3.8, 4) is 0 Å². The third kappa shape index (κ3) is 2.99. The molecule has 1 aromatic carbocycles. The normalized spacial score (nSPS) is 20.1. The highest BCUT2D eigenvalue weighted by Gasteiger charge is 2.37. The third-order valence-electron chi connectivity index (χ3n) is 3.57. The average molecular weight is 275 g/mol. The Labute approximate surface area is 119 Å². The molecule has 20 heavy (non-hydrogen) atoms. The zero-order chi connectivity index (χ0) is 14.7. The lowest BCUT2D eigenvalue weighted by atomic mass is 10.1. The van der Waals surface area contributed by atoms with Gasteiger partial charge in [-0.05, 0) is 18.9 Å². The Balaban J connectivity index is 2.04. The molecule has 0 aromatic heterocycles. The summed E-state index contributed by atoms with van der Waals surface area (Å²) in [5.41, 5.74) is 8.17. The molecule has 3 N–H and O–H groups in total. The van der Waals surface area contributed by atoms with E-state index in [-0.39, 0.29) is 24.5 Å². The molecule has 5 nitrogen and oxygen atoms in total. The van der Waals surface area contributed by atoms with Gasteiger partial charge in [0.15, 0.2) is 0 Å². The van der Waals surface area contributed by atoms with Gasteiger partial charge >= 0.3 is 6.03 Å². The molecule has 0 saturated carbocycles. The number of aryl methyl sites for hydroxylation is 1. The van der Waals surface area contributed by atoms with Crippen molar-refractivity contribution >= 4 is 11.9 Å². The first kappa shape index (κ1) is 14.5. The molecule has 3 amide bonds. The lowest BCUT2D eigenvalue weighted by molar-refractivity contribution is -0.127. The topological polar surface area (TPSA) is 75.4 Å². The standard InChI is InChI=1S/C15H21N3O2/c1-3-4-13-14(19)18(15(20)17-13)9-12(16)11-7-5-10(2)6-8-11/h5-8,12-13H,3-4,9,16H2,1-2H3,(H,17,20). The number of benzene rings is 1. The molecule has 0 aliphatic carbocycles. The lowest BCUT2D eigenvalue weighted by Crippen LogP contribution is -2.37. The van der Waals surface area contributed by atoms with E-state index < -0.39 is 6.04 Å². The van der Waals surface area contributed by atoms with Crippen molar-refractivity contribution in [2.24, 2.45) is 5.73 Å². The predicted octanol–water partition coefficient (Wildman–Crippen LogP) is 1.72. The van der Waals surface area contributed by atoms with Crippen LogP contribution >= 0.6 is 0 Å². The Morgan fingerprint density at radius 3 is 2.55 bits per heavy atom. The Hall–Kier alpha value is -1.88. The Morgan fingerprint density at radius 2 is 1.95 bits per heavy atom. The number of nitrogens with zero attached hydrogens (tertiary/aromatic N) is 1. The molecule has 1 fully saturated rings. The molecular formula is C15H21N3O2. The third-order valence-corrected chi connectivity index (χ3v) is 3.57. The number of imide groups is 1. The number of nitrogens with one attached hydrogen (secondary N) is 1. The average Bonchev–Trinajstić information content (AvgIpc) is 2.68. The summed E-state index contributed by atoms with van der Waals surface area (Å²) in [5.74, 6) is -0.167. The molecule has 2 rings (SSSR count). The van der Waals surface area contributed by atoms with Gasteiger partial charge in [0, 0.05) is 12.6 Å². The van der Waals surface area contributed by atoms with Gasteiger partial charge in [-0.15, -0.1) is 0 Å². The fourth-order valence-electron chi connectivity index (χ4n) is 2.35. The molecule has 0 spiro atoms. The summed E-state index contributed by atoms with van der Waals surface area (Å²) in [7, 11) is 0. The molecule has 0 bridgehead atoms.